The fourth-order valence-electron chi connectivity index (χ4n) is 3.17. The Morgan fingerprint density at radius 2 is 1.63 bits per heavy atom. The highest BCUT2D eigenvalue weighted by molar-refractivity contribution is 7.10. The molecule has 1 aliphatic rings. The molecule has 0 fully saturated rings. The average Bonchev–Trinajstić information content (AvgIpc) is 3.30. The molecule has 4 heteroatoms. The number of aryl methyl sites for hydroxylation is 1. The van der Waals surface area contributed by atoms with Crippen molar-refractivity contribution in [2.45, 2.75) is 12.8 Å². The first-order valence-electron chi connectivity index (χ1n) is 8.82. The van der Waals surface area contributed by atoms with Crippen LogP contribution in [0.2, 0.25) is 0 Å². The summed E-state index contributed by atoms with van der Waals surface area (Å²) in [4.78, 5) is 27.2. The van der Waals surface area contributed by atoms with Crippen LogP contribution in [-0.4, -0.2) is 23.3 Å². The number of imide groups is 1. The lowest BCUT2D eigenvalue weighted by atomic mass is 10.1. The zero-order valence-corrected chi connectivity index (χ0v) is 15.5. The summed E-state index contributed by atoms with van der Waals surface area (Å²) in [5.74, 6) is 5.97. The summed E-state index contributed by atoms with van der Waals surface area (Å²) in [6.45, 7) is 0.428. The van der Waals surface area contributed by atoms with Crippen molar-refractivity contribution >= 4 is 23.2 Å². The van der Waals surface area contributed by atoms with Gasteiger partial charge in [-0.25, -0.2) is 0 Å². The molecular weight excluding hydrogens is 354 g/mol. The molecule has 0 spiro atoms. The maximum atomic E-state index is 12.4. The Balaban J connectivity index is 1.38. The summed E-state index contributed by atoms with van der Waals surface area (Å²) in [5.41, 5.74) is 3.15. The summed E-state index contributed by atoms with van der Waals surface area (Å²) in [7, 11) is 0. The molecule has 2 amide bonds. The quantitative estimate of drug-likeness (QED) is 0.504. The van der Waals surface area contributed by atoms with E-state index in [2.05, 4.69) is 24.0 Å². The van der Waals surface area contributed by atoms with Gasteiger partial charge in [-0.2, -0.15) is 0 Å². The van der Waals surface area contributed by atoms with Crippen LogP contribution in [0.5, 0.6) is 0 Å². The number of benzene rings is 2. The zero-order valence-electron chi connectivity index (χ0n) is 14.6. The van der Waals surface area contributed by atoms with E-state index in [1.807, 2.05) is 29.6 Å². The highest BCUT2D eigenvalue weighted by atomic mass is 32.1. The predicted molar refractivity (Wildman–Crippen MR) is 107 cm³/mol. The van der Waals surface area contributed by atoms with E-state index in [1.165, 1.54) is 4.90 Å². The van der Waals surface area contributed by atoms with Gasteiger partial charge >= 0.3 is 0 Å². The van der Waals surface area contributed by atoms with Gasteiger partial charge in [0.1, 0.15) is 0 Å². The van der Waals surface area contributed by atoms with E-state index >= 15 is 0 Å². The number of thiophene rings is 1. The second-order valence-electron chi connectivity index (χ2n) is 6.34. The molecule has 4 rings (SSSR count). The first kappa shape index (κ1) is 17.3. The maximum Gasteiger partial charge on any atom is 0.261 e. The lowest BCUT2D eigenvalue weighted by Crippen LogP contribution is -2.30. The van der Waals surface area contributed by atoms with Crippen LogP contribution in [-0.2, 0) is 6.42 Å². The van der Waals surface area contributed by atoms with Gasteiger partial charge in [-0.3, -0.25) is 14.5 Å². The molecule has 0 saturated carbocycles. The van der Waals surface area contributed by atoms with Crippen molar-refractivity contribution in [2.24, 2.45) is 0 Å². The van der Waals surface area contributed by atoms with Crippen molar-refractivity contribution in [2.75, 3.05) is 6.54 Å². The Labute approximate surface area is 162 Å². The number of fused-ring (bicyclic) bond motifs is 1. The lowest BCUT2D eigenvalue weighted by molar-refractivity contribution is 0.0652. The van der Waals surface area contributed by atoms with Gasteiger partial charge in [-0.1, -0.05) is 42.2 Å². The molecule has 2 aromatic carbocycles. The predicted octanol–water partition coefficient (Wildman–Crippen LogP) is 4.38. The van der Waals surface area contributed by atoms with Crippen molar-refractivity contribution in [3.63, 3.8) is 0 Å². The van der Waals surface area contributed by atoms with Crippen LogP contribution in [0.25, 0.3) is 0 Å². The largest absolute Gasteiger partial charge is 0.274 e. The third-order valence-electron chi connectivity index (χ3n) is 4.50. The minimum atomic E-state index is -0.189. The third-order valence-corrected chi connectivity index (χ3v) is 5.29. The van der Waals surface area contributed by atoms with E-state index in [4.69, 9.17) is 0 Å². The second-order valence-corrected chi connectivity index (χ2v) is 7.29. The standard InChI is InChI=1S/C23H17NO2S/c25-22-20-10-1-2-11-21(20)23(26)24(22)14-4-8-17-6-3-7-18(16-17)12-13-19-9-5-15-27-19/h1-3,5-7,9-11,15-16H,4,8,14H2. The topological polar surface area (TPSA) is 37.4 Å². The molecular formula is C23H17NO2S. The van der Waals surface area contributed by atoms with Gasteiger partial charge in [0.05, 0.1) is 16.0 Å². The molecule has 3 aromatic rings. The molecule has 0 atom stereocenters. The molecule has 0 radical (unpaired) electrons. The van der Waals surface area contributed by atoms with E-state index in [9.17, 15) is 9.59 Å². The van der Waals surface area contributed by atoms with Crippen molar-refractivity contribution in [3.8, 4) is 11.8 Å². The molecule has 0 unspecified atom stereocenters. The van der Waals surface area contributed by atoms with E-state index in [1.54, 1.807) is 35.6 Å². The molecule has 0 saturated heterocycles. The maximum absolute atomic E-state index is 12.4. The molecule has 0 aliphatic carbocycles. The Morgan fingerprint density at radius 1 is 0.852 bits per heavy atom. The lowest BCUT2D eigenvalue weighted by Gasteiger charge is -2.13. The molecule has 1 aromatic heterocycles. The molecule has 3 nitrogen and oxygen atoms in total. The molecule has 27 heavy (non-hydrogen) atoms. The first-order chi connectivity index (χ1) is 13.2. The number of hydrogen-bond donors (Lipinski definition) is 0. The van der Waals surface area contributed by atoms with Crippen molar-refractivity contribution in [3.05, 3.63) is 93.2 Å². The highest BCUT2D eigenvalue weighted by Gasteiger charge is 2.34. The molecule has 2 heterocycles. The van der Waals surface area contributed by atoms with Crippen LogP contribution >= 0.6 is 11.3 Å². The Hall–Kier alpha value is -3.16. The summed E-state index contributed by atoms with van der Waals surface area (Å²) >= 11 is 1.63. The van der Waals surface area contributed by atoms with Crippen molar-refractivity contribution in [1.29, 1.82) is 0 Å². The number of hydrogen-bond acceptors (Lipinski definition) is 3. The minimum Gasteiger partial charge on any atom is -0.274 e. The van der Waals surface area contributed by atoms with Gasteiger partial charge in [0.2, 0.25) is 0 Å². The fraction of sp³-hybridized carbons (Fsp3) is 0.130. The Bertz CT molecular complexity index is 1020. The number of nitrogens with zero attached hydrogens (tertiary/aromatic N) is 1. The van der Waals surface area contributed by atoms with Crippen LogP contribution in [0.15, 0.2) is 66.0 Å². The van der Waals surface area contributed by atoms with Gasteiger partial charge < -0.3 is 0 Å². The first-order valence-corrected chi connectivity index (χ1v) is 9.70. The van der Waals surface area contributed by atoms with Gasteiger partial charge in [0.15, 0.2) is 0 Å². The normalized spacial score (nSPS) is 12.7. The summed E-state index contributed by atoms with van der Waals surface area (Å²) < 4.78 is 0. The highest BCUT2D eigenvalue weighted by Crippen LogP contribution is 2.22. The van der Waals surface area contributed by atoms with Crippen LogP contribution in [0.1, 0.15) is 43.1 Å². The van der Waals surface area contributed by atoms with Crippen molar-refractivity contribution in [1.82, 2.24) is 4.90 Å². The minimum absolute atomic E-state index is 0.189. The van der Waals surface area contributed by atoms with E-state index in [0.717, 1.165) is 28.8 Å². The molecule has 0 bridgehead atoms. The van der Waals surface area contributed by atoms with Gasteiger partial charge in [0.25, 0.3) is 11.8 Å². The third kappa shape index (κ3) is 3.69. The Kier molecular flexibility index (Phi) is 4.86. The molecule has 132 valence electrons. The van der Waals surface area contributed by atoms with Crippen molar-refractivity contribution < 1.29 is 9.59 Å². The fourth-order valence-corrected chi connectivity index (χ4v) is 3.74. The van der Waals surface area contributed by atoms with Crippen LogP contribution in [0.3, 0.4) is 0 Å². The number of amides is 2. The van der Waals surface area contributed by atoms with Gasteiger partial charge in [-0.05, 0) is 54.1 Å². The van der Waals surface area contributed by atoms with Crippen LogP contribution < -0.4 is 0 Å². The summed E-state index contributed by atoms with van der Waals surface area (Å²) in [6.07, 6.45) is 1.52. The van der Waals surface area contributed by atoms with Crippen LogP contribution in [0, 0.1) is 11.8 Å². The second kappa shape index (κ2) is 7.61. The SMILES string of the molecule is O=C1c2ccccc2C(=O)N1CCCc1cccc(C#Cc2cccs2)c1. The molecule has 1 aliphatic heterocycles. The number of carbonyl (C=O) groups excluding carboxylic acids is 2. The van der Waals surface area contributed by atoms with Crippen LogP contribution in [0.4, 0.5) is 0 Å². The zero-order chi connectivity index (χ0) is 18.6. The number of carbonyl (C=O) groups is 2. The van der Waals surface area contributed by atoms with E-state index in [-0.39, 0.29) is 11.8 Å². The Morgan fingerprint density at radius 3 is 2.33 bits per heavy atom. The summed E-state index contributed by atoms with van der Waals surface area (Å²) in [6, 6.07) is 19.1. The van der Waals surface area contributed by atoms with Gasteiger partial charge in [-0.15, -0.1) is 11.3 Å². The van der Waals surface area contributed by atoms with Gasteiger partial charge in [0, 0.05) is 12.1 Å². The van der Waals surface area contributed by atoms with E-state index in [0.29, 0.717) is 17.7 Å². The molecule has 0 N–H and O–H groups in total. The monoisotopic (exact) mass is 371 g/mol. The van der Waals surface area contributed by atoms with E-state index < -0.39 is 0 Å². The number of rotatable bonds is 4. The summed E-state index contributed by atoms with van der Waals surface area (Å²) in [5, 5.41) is 2.01. The smallest absolute Gasteiger partial charge is 0.261 e. The average molecular weight is 371 g/mol.